The highest BCUT2D eigenvalue weighted by Gasteiger charge is 2.34. The fourth-order valence-corrected chi connectivity index (χ4v) is 7.25. The van der Waals surface area contributed by atoms with Gasteiger partial charge in [-0.05, 0) is 87.4 Å². The van der Waals surface area contributed by atoms with Crippen molar-refractivity contribution >= 4 is 87.8 Å². The summed E-state index contributed by atoms with van der Waals surface area (Å²) in [6.07, 6.45) is 10.1. The first-order valence-electron chi connectivity index (χ1n) is 21.7. The number of ether oxygens (including phenoxy) is 2. The van der Waals surface area contributed by atoms with Crippen LogP contribution in [0.1, 0.15) is 39.5 Å². The van der Waals surface area contributed by atoms with Gasteiger partial charge in [0.2, 0.25) is 0 Å². The summed E-state index contributed by atoms with van der Waals surface area (Å²) in [6.45, 7) is 14.4. The molecule has 16 nitrogen and oxygen atoms in total. The summed E-state index contributed by atoms with van der Waals surface area (Å²) in [7, 11) is 0. The van der Waals surface area contributed by atoms with Crippen LogP contribution in [-0.4, -0.2) is 115 Å². The molecule has 2 amide bonds. The van der Waals surface area contributed by atoms with Crippen molar-refractivity contribution in [3.05, 3.63) is 110 Å². The molecule has 20 heteroatoms. The molecule has 2 atom stereocenters. The van der Waals surface area contributed by atoms with E-state index in [1.165, 1.54) is 35.8 Å². The maximum absolute atomic E-state index is 14.9. The van der Waals surface area contributed by atoms with Gasteiger partial charge in [0.25, 0.3) is 0 Å². The van der Waals surface area contributed by atoms with Crippen molar-refractivity contribution in [3.8, 4) is 22.3 Å². The highest BCUT2D eigenvalue weighted by molar-refractivity contribution is 9.09. The highest BCUT2D eigenvalue weighted by atomic mass is 79.9. The van der Waals surface area contributed by atoms with Gasteiger partial charge < -0.3 is 34.3 Å². The number of nitrogens with one attached hydrogen (secondary N) is 1. The lowest BCUT2D eigenvalue weighted by Gasteiger charge is -2.28. The fraction of sp³-hybridized carbons (Fsp3) is 0.333. The summed E-state index contributed by atoms with van der Waals surface area (Å²) >= 11 is 3.13. The minimum Gasteiger partial charge on any atom is -0.444 e. The number of carbonyl (C=O) groups excluding carboxylic acids is 4. The van der Waals surface area contributed by atoms with E-state index >= 15 is 0 Å². The predicted molar refractivity (Wildman–Crippen MR) is 267 cm³/mol. The molecule has 6 heterocycles. The van der Waals surface area contributed by atoms with Crippen molar-refractivity contribution in [1.82, 2.24) is 20.4 Å². The lowest BCUT2D eigenvalue weighted by molar-refractivity contribution is -0.118. The molecule has 0 saturated carbocycles. The molecule has 0 unspecified atom stereocenters. The van der Waals surface area contributed by atoms with Crippen LogP contribution in [0.3, 0.4) is 0 Å². The zero-order valence-corrected chi connectivity index (χ0v) is 40.2. The number of hydrogen-bond donors (Lipinski definition) is 1. The Bertz CT molecular complexity index is 2470. The topological polar surface area (TPSA) is 165 Å². The van der Waals surface area contributed by atoms with Crippen molar-refractivity contribution in [2.75, 3.05) is 70.7 Å². The lowest BCUT2D eigenvalue weighted by atomic mass is 10.1. The zero-order valence-electron chi connectivity index (χ0n) is 37.8. The van der Waals surface area contributed by atoms with Crippen molar-refractivity contribution < 1.29 is 37.4 Å². The van der Waals surface area contributed by atoms with Crippen LogP contribution in [0.15, 0.2) is 109 Å². The molecule has 2 aromatic heterocycles. The number of nitrogens with zero attached hydrogens (tertiary/aromatic N) is 9. The first kappa shape index (κ1) is 52.2. The molecule has 360 valence electrons. The molecule has 0 bridgehead atoms. The summed E-state index contributed by atoms with van der Waals surface area (Å²) < 4.78 is 40.4. The van der Waals surface area contributed by atoms with Crippen LogP contribution in [0.4, 0.5) is 41.4 Å². The van der Waals surface area contributed by atoms with E-state index in [4.69, 9.17) is 9.47 Å². The van der Waals surface area contributed by atoms with Gasteiger partial charge in [0.05, 0.1) is 44.1 Å². The van der Waals surface area contributed by atoms with E-state index < -0.39 is 23.8 Å². The molecule has 2 aromatic carbocycles. The third kappa shape index (κ3) is 14.1. The first-order valence-corrected chi connectivity index (χ1v) is 22.8. The number of benzene rings is 2. The van der Waals surface area contributed by atoms with E-state index in [1.807, 2.05) is 33.0 Å². The summed E-state index contributed by atoms with van der Waals surface area (Å²) in [4.78, 5) is 62.2. The Hall–Kier alpha value is -6.73. The van der Waals surface area contributed by atoms with Gasteiger partial charge in [-0.1, -0.05) is 28.1 Å². The number of carbonyl (C=O) groups is 4. The molecule has 0 aliphatic carbocycles. The Morgan fingerprint density at radius 3 is 1.62 bits per heavy atom. The van der Waals surface area contributed by atoms with Gasteiger partial charge in [0.1, 0.15) is 59.7 Å². The number of Topliss-reactive ketones (excluding diaryl/α,β-unsaturated/α-hetero) is 2. The first-order chi connectivity index (χ1) is 32.4. The monoisotopic (exact) mass is 1020 g/mol. The largest absolute Gasteiger partial charge is 0.444 e. The summed E-state index contributed by atoms with van der Waals surface area (Å²) in [6, 6.07) is 16.5. The zero-order chi connectivity index (χ0) is 47.9. The number of hydrazone groups is 2. The number of amides is 2. The van der Waals surface area contributed by atoms with Crippen molar-refractivity contribution in [2.24, 2.45) is 10.2 Å². The molecule has 4 aliphatic rings. The van der Waals surface area contributed by atoms with Gasteiger partial charge in [-0.2, -0.15) is 10.2 Å². The number of halogens is 4. The molecule has 0 radical (unpaired) electrons. The van der Waals surface area contributed by atoms with Gasteiger partial charge in [-0.3, -0.25) is 14.8 Å². The molecule has 8 rings (SSSR count). The Labute approximate surface area is 408 Å². The third-order valence-corrected chi connectivity index (χ3v) is 11.2. The summed E-state index contributed by atoms with van der Waals surface area (Å²) in [5.41, 5.74) is 5.78. The number of alkyl halides is 1. The molecule has 2 fully saturated rings. The van der Waals surface area contributed by atoms with Gasteiger partial charge in [-0.25, -0.2) is 28.3 Å². The van der Waals surface area contributed by atoms with Gasteiger partial charge in [-0.15, -0.1) is 25.6 Å². The Morgan fingerprint density at radius 2 is 1.25 bits per heavy atom. The van der Waals surface area contributed by atoms with Gasteiger partial charge >= 0.3 is 12.2 Å². The molecule has 0 spiro atoms. The molecular weight excluding hydrogens is 966 g/mol. The average Bonchev–Trinajstić information content (AvgIpc) is 3.92. The normalized spacial score (nSPS) is 17.2. The maximum atomic E-state index is 14.9. The van der Waals surface area contributed by atoms with Gasteiger partial charge in [0.15, 0.2) is 0 Å². The van der Waals surface area contributed by atoms with E-state index in [1.54, 1.807) is 67.6 Å². The second-order valence-electron chi connectivity index (χ2n) is 15.8. The van der Waals surface area contributed by atoms with Gasteiger partial charge in [0, 0.05) is 65.9 Å². The molecular formula is C48H54BrClF2N10O6. The number of ketones is 2. The van der Waals surface area contributed by atoms with Crippen LogP contribution in [0.2, 0.25) is 0 Å². The van der Waals surface area contributed by atoms with Crippen LogP contribution in [0.5, 0.6) is 0 Å². The number of allylic oxidation sites excluding steroid dienone is 1. The summed E-state index contributed by atoms with van der Waals surface area (Å²) in [5.74, 6) is 0.643. The van der Waals surface area contributed by atoms with E-state index in [2.05, 4.69) is 54.7 Å². The molecule has 4 aliphatic heterocycles. The summed E-state index contributed by atoms with van der Waals surface area (Å²) in [5, 5.41) is 11.2. The van der Waals surface area contributed by atoms with Crippen molar-refractivity contribution in [2.45, 2.75) is 51.7 Å². The minimum absolute atomic E-state index is 0. The lowest BCUT2D eigenvalue weighted by Crippen LogP contribution is -2.38. The number of rotatable bonds is 15. The molecule has 1 N–H and O–H groups in total. The number of anilines is 4. The Balaban J connectivity index is 0.000000233. The van der Waals surface area contributed by atoms with Crippen LogP contribution < -0.4 is 25.0 Å². The highest BCUT2D eigenvalue weighted by Crippen LogP contribution is 2.32. The van der Waals surface area contributed by atoms with E-state index in [9.17, 15) is 28.0 Å². The molecule has 68 heavy (non-hydrogen) atoms. The van der Waals surface area contributed by atoms with Crippen molar-refractivity contribution in [3.63, 3.8) is 0 Å². The van der Waals surface area contributed by atoms with Crippen molar-refractivity contribution in [1.29, 1.82) is 0 Å². The van der Waals surface area contributed by atoms with E-state index in [0.29, 0.717) is 78.9 Å². The number of cyclic esters (lactones) is 2. The van der Waals surface area contributed by atoms with Crippen LogP contribution >= 0.6 is 28.3 Å². The fourth-order valence-electron chi connectivity index (χ4n) is 7.25. The van der Waals surface area contributed by atoms with E-state index in [-0.39, 0.29) is 36.2 Å². The Morgan fingerprint density at radius 1 is 0.750 bits per heavy atom. The smallest absolute Gasteiger partial charge is 0.414 e. The van der Waals surface area contributed by atoms with Crippen LogP contribution in [0.25, 0.3) is 22.3 Å². The molecule has 4 aromatic rings. The number of pyridine rings is 2. The number of hydrogen-bond acceptors (Lipinski definition) is 14. The van der Waals surface area contributed by atoms with Crippen LogP contribution in [-0.2, 0) is 19.1 Å². The number of aromatic nitrogens is 2. The quantitative estimate of drug-likeness (QED) is 0.0891. The second-order valence-corrected chi connectivity index (χ2v) is 16.4. The molecule has 2 saturated heterocycles. The second kappa shape index (κ2) is 25.4. The Kier molecular flexibility index (Phi) is 19.5. The average molecular weight is 1020 g/mol. The standard InChI is InChI=1S/C24H26FN5O3.C21H22FN5O3.C3H5Br.ClH/c1-3-10-29-12-11-28(16-27-29)23-9-5-18(14-26-23)21-8-6-19(13-22(21)25)30-15-20(33-24(30)32)7-4-17(2)31;1-14(28)2-5-17-12-27(21(29)30-17)16-4-6-18(19(22)10-16)15-3-7-20(23-11-15)26-9-8-24-25-13-26;1-2-3-4;/h3,5-6,8-9,13-14,16,20H,1,4,7,10-12,15H2,2H3;3-4,6-7,10-11,13,17,24H,2,5,8-9,12H2,1H3;2H,1,3H2;1H/t20-;17-;;/m00../s1. The maximum Gasteiger partial charge on any atom is 0.414 e. The third-order valence-electron chi connectivity index (χ3n) is 10.8. The predicted octanol–water partition coefficient (Wildman–Crippen LogP) is 8.76. The SMILES string of the molecule is C=CCBr.C=CCN1CCN(c2ccc(-c3ccc(N4C[C@H](CCC(C)=O)OC4=O)cc3F)cn2)C=N1.CC(=O)CC[C@H]1CN(c2ccc(-c3ccc(N4C=NNCC4)nc3)c(F)c2)C(=O)O1.Cl. The minimum atomic E-state index is -0.531. The van der Waals surface area contributed by atoms with Crippen LogP contribution in [0, 0.1) is 11.6 Å². The van der Waals surface area contributed by atoms with E-state index in [0.717, 1.165) is 43.1 Å².